The maximum atomic E-state index is 12.8. The fourth-order valence-corrected chi connectivity index (χ4v) is 5.29. The molecule has 1 aliphatic carbocycles. The van der Waals surface area contributed by atoms with Crippen LogP contribution < -0.4 is 26.0 Å². The van der Waals surface area contributed by atoms with Crippen LogP contribution in [0.4, 0.5) is 10.5 Å². The number of rotatable bonds is 16. The van der Waals surface area contributed by atoms with Gasteiger partial charge in [-0.15, -0.1) is 0 Å². The number of nitrogens with one attached hydrogen (secondary N) is 3. The Labute approximate surface area is 293 Å². The van der Waals surface area contributed by atoms with E-state index < -0.39 is 17.7 Å². The van der Waals surface area contributed by atoms with Gasteiger partial charge in [0.05, 0.1) is 18.6 Å². The molecule has 0 aromatic heterocycles. The fourth-order valence-electron chi connectivity index (χ4n) is 5.29. The number of aromatic nitrogens is 1. The molecule has 0 unspecified atom stereocenters. The molecule has 270 valence electrons. The molecule has 0 spiro atoms. The van der Waals surface area contributed by atoms with Crippen molar-refractivity contribution in [3.63, 3.8) is 0 Å². The second-order valence-corrected chi connectivity index (χ2v) is 13.4. The highest BCUT2D eigenvalue weighted by molar-refractivity contribution is 6.10. The first kappa shape index (κ1) is 37.9. The highest BCUT2D eigenvalue weighted by atomic mass is 16.6. The Morgan fingerprint density at radius 2 is 1.78 bits per heavy atom. The number of carbonyl (C=O) groups is 3. The van der Waals surface area contributed by atoms with E-state index in [1.165, 1.54) is 0 Å². The lowest BCUT2D eigenvalue weighted by atomic mass is 10.0. The quantitative estimate of drug-likeness (QED) is 0.0512. The number of alkyl carbamates (subject to hydrolysis) is 1. The second kappa shape index (κ2) is 17.7. The number of carbonyl (C=O) groups excluding carboxylic acids is 3. The highest BCUT2D eigenvalue weighted by Crippen LogP contribution is 2.36. The molecule has 1 heterocycles. The molecule has 2 aliphatic rings. The van der Waals surface area contributed by atoms with Crippen LogP contribution >= 0.6 is 0 Å². The first-order valence-corrected chi connectivity index (χ1v) is 17.5. The van der Waals surface area contributed by atoms with E-state index in [0.29, 0.717) is 73.9 Å². The number of ether oxygens (including phenoxy) is 3. The summed E-state index contributed by atoms with van der Waals surface area (Å²) >= 11 is 0. The number of amides is 2. The van der Waals surface area contributed by atoms with Crippen molar-refractivity contribution in [3.05, 3.63) is 47.8 Å². The average Bonchev–Trinajstić information content (AvgIpc) is 3.06. The van der Waals surface area contributed by atoms with Gasteiger partial charge in [-0.2, -0.15) is 0 Å². The first-order valence-electron chi connectivity index (χ1n) is 17.5. The molecule has 4 rings (SSSR count). The zero-order valence-corrected chi connectivity index (χ0v) is 30.3. The van der Waals surface area contributed by atoms with Crippen LogP contribution in [-0.4, -0.2) is 67.4 Å². The third kappa shape index (κ3) is 10.8. The Morgan fingerprint density at radius 1 is 0.980 bits per heavy atom. The molecule has 2 aromatic carbocycles. The minimum absolute atomic E-state index is 0.112. The summed E-state index contributed by atoms with van der Waals surface area (Å²) in [5, 5.41) is 11.7. The van der Waals surface area contributed by atoms with E-state index in [0.717, 1.165) is 34.8 Å². The molecule has 12 heteroatoms. The fraction of sp³-hybridized carbons (Fsp3) is 0.500. The number of benzene rings is 3. The average molecular weight is 690 g/mol. The lowest BCUT2D eigenvalue weighted by Crippen LogP contribution is -2.51. The zero-order valence-electron chi connectivity index (χ0n) is 30.3. The summed E-state index contributed by atoms with van der Waals surface area (Å²) in [6.07, 6.45) is 1.82. The molecule has 12 nitrogen and oxygen atoms in total. The standard InChI is InChI=1S/C38H51N5O7/c1-8-17-40-30-23-32-35(28-22-26(14-15-27(28)30)48-20-10-12-33(44)47-9-2)42-29-16-13-25(21-31(29)49-32)39-18-11-19-41-36(45)34(24(3)4)43-37(46)50-38(5,6)7/h13-16,21-24,34,40H,8-12,17-20H2,1-7H3,(H,41,45)(H,43,46)/t34-/m0/s1. The Morgan fingerprint density at radius 3 is 2.50 bits per heavy atom. The predicted octanol–water partition coefficient (Wildman–Crippen LogP) is 6.59. The maximum Gasteiger partial charge on any atom is 0.408 e. The van der Waals surface area contributed by atoms with Crippen LogP contribution in [0.1, 0.15) is 74.1 Å². The van der Waals surface area contributed by atoms with Gasteiger partial charge in [-0.05, 0) is 83.2 Å². The van der Waals surface area contributed by atoms with Crippen molar-refractivity contribution in [2.75, 3.05) is 38.2 Å². The van der Waals surface area contributed by atoms with Gasteiger partial charge in [0.1, 0.15) is 28.6 Å². The SMILES string of the molecule is CCCNc1cc2oc3cc(=NCCCNC(=O)[C@@H](NC(=O)OC(C)(C)C)C(C)C)ccc-3nc2c2cc(OCCCC(=O)OCC)ccc12. The lowest BCUT2D eigenvalue weighted by Gasteiger charge is -2.25. The Balaban J connectivity index is 1.47. The summed E-state index contributed by atoms with van der Waals surface area (Å²) in [6, 6.07) is 12.8. The third-order valence-corrected chi connectivity index (χ3v) is 7.66. The predicted molar refractivity (Wildman–Crippen MR) is 194 cm³/mol. The van der Waals surface area contributed by atoms with Crippen molar-refractivity contribution in [2.45, 2.75) is 85.8 Å². The number of nitrogens with zero attached hydrogens (tertiary/aromatic N) is 2. The van der Waals surface area contributed by atoms with Crippen molar-refractivity contribution in [2.24, 2.45) is 10.9 Å². The van der Waals surface area contributed by atoms with Crippen molar-refractivity contribution in [1.29, 1.82) is 0 Å². The second-order valence-electron chi connectivity index (χ2n) is 13.4. The Bertz CT molecular complexity index is 1810. The molecule has 0 fully saturated rings. The minimum atomic E-state index is -0.706. The van der Waals surface area contributed by atoms with Crippen molar-refractivity contribution in [1.82, 2.24) is 15.6 Å². The van der Waals surface area contributed by atoms with Crippen LogP contribution in [-0.2, 0) is 19.1 Å². The van der Waals surface area contributed by atoms with E-state index in [1.54, 1.807) is 27.7 Å². The number of anilines is 1. The Kier molecular flexibility index (Phi) is 13.4. The van der Waals surface area contributed by atoms with Crippen molar-refractivity contribution < 1.29 is 33.0 Å². The molecule has 0 bridgehead atoms. The third-order valence-electron chi connectivity index (χ3n) is 7.66. The summed E-state index contributed by atoms with van der Waals surface area (Å²) in [7, 11) is 0. The van der Waals surface area contributed by atoms with Crippen LogP contribution in [0.5, 0.6) is 5.75 Å². The summed E-state index contributed by atoms with van der Waals surface area (Å²) in [5.74, 6) is 0.685. The van der Waals surface area contributed by atoms with E-state index >= 15 is 0 Å². The number of hydrogen-bond acceptors (Lipinski definition) is 10. The molecular weight excluding hydrogens is 638 g/mol. The van der Waals surface area contributed by atoms with Crippen LogP contribution in [0.25, 0.3) is 33.3 Å². The maximum absolute atomic E-state index is 12.8. The minimum Gasteiger partial charge on any atom is -0.494 e. The highest BCUT2D eigenvalue weighted by Gasteiger charge is 2.26. The van der Waals surface area contributed by atoms with Crippen LogP contribution in [0.15, 0.2) is 51.9 Å². The molecular formula is C38H51N5O7. The molecule has 0 saturated carbocycles. The van der Waals surface area contributed by atoms with Gasteiger partial charge in [0, 0.05) is 54.6 Å². The van der Waals surface area contributed by atoms with Gasteiger partial charge in [-0.25, -0.2) is 9.78 Å². The largest absolute Gasteiger partial charge is 0.494 e. The zero-order chi connectivity index (χ0) is 36.3. The van der Waals surface area contributed by atoms with Crippen LogP contribution in [0, 0.1) is 5.92 Å². The monoisotopic (exact) mass is 689 g/mol. The van der Waals surface area contributed by atoms with Crippen molar-refractivity contribution in [3.8, 4) is 17.2 Å². The van der Waals surface area contributed by atoms with Crippen molar-refractivity contribution >= 4 is 45.5 Å². The summed E-state index contributed by atoms with van der Waals surface area (Å²) in [5.41, 5.74) is 2.32. The normalized spacial score (nSPS) is 12.7. The topological polar surface area (TPSA) is 153 Å². The van der Waals surface area contributed by atoms with E-state index in [1.807, 2.05) is 56.3 Å². The number of hydrogen-bond donors (Lipinski definition) is 3. The molecule has 2 aromatic rings. The molecule has 2 amide bonds. The number of fused-ring (bicyclic) bond motifs is 4. The van der Waals surface area contributed by atoms with Gasteiger partial charge in [0.15, 0.2) is 11.3 Å². The van der Waals surface area contributed by atoms with Gasteiger partial charge in [-0.3, -0.25) is 14.6 Å². The molecule has 0 saturated heterocycles. The van der Waals surface area contributed by atoms with Gasteiger partial charge in [0.2, 0.25) is 5.91 Å². The summed E-state index contributed by atoms with van der Waals surface area (Å²) in [6.45, 7) is 15.4. The van der Waals surface area contributed by atoms with E-state index in [2.05, 4.69) is 22.9 Å². The van der Waals surface area contributed by atoms with Gasteiger partial charge in [-0.1, -0.05) is 20.8 Å². The van der Waals surface area contributed by atoms with E-state index in [-0.39, 0.29) is 17.8 Å². The molecule has 1 aliphatic heterocycles. The van der Waals surface area contributed by atoms with Crippen LogP contribution in [0.2, 0.25) is 0 Å². The van der Waals surface area contributed by atoms with Gasteiger partial charge >= 0.3 is 12.1 Å². The molecule has 50 heavy (non-hydrogen) atoms. The summed E-state index contributed by atoms with van der Waals surface area (Å²) < 4.78 is 22.7. The first-order chi connectivity index (χ1) is 23.9. The van der Waals surface area contributed by atoms with Crippen LogP contribution in [0.3, 0.4) is 0 Å². The van der Waals surface area contributed by atoms with Gasteiger partial charge in [0.25, 0.3) is 0 Å². The molecule has 3 N–H and O–H groups in total. The molecule has 1 atom stereocenters. The van der Waals surface area contributed by atoms with E-state index in [9.17, 15) is 14.4 Å². The smallest absolute Gasteiger partial charge is 0.408 e. The van der Waals surface area contributed by atoms with Gasteiger partial charge < -0.3 is 34.6 Å². The van der Waals surface area contributed by atoms with E-state index in [4.69, 9.17) is 28.6 Å². The summed E-state index contributed by atoms with van der Waals surface area (Å²) in [4.78, 5) is 46.4. The Hall–Kier alpha value is -4.87. The lowest BCUT2D eigenvalue weighted by molar-refractivity contribution is -0.143. The molecule has 0 radical (unpaired) electrons. The number of esters is 1.